The van der Waals surface area contributed by atoms with Gasteiger partial charge < -0.3 is 10.1 Å². The Kier molecular flexibility index (Phi) is 5.91. The molecular weight excluding hydrogens is 296 g/mol. The second-order valence-electron chi connectivity index (χ2n) is 4.63. The van der Waals surface area contributed by atoms with E-state index in [2.05, 4.69) is 10.3 Å². The fourth-order valence-electron chi connectivity index (χ4n) is 1.63. The summed E-state index contributed by atoms with van der Waals surface area (Å²) in [5, 5.41) is 5.88. The average Bonchev–Trinajstić information content (AvgIpc) is 2.95. The quantitative estimate of drug-likeness (QED) is 0.488. The summed E-state index contributed by atoms with van der Waals surface area (Å²) >= 11 is 1.48. The number of benzene rings is 1. The van der Waals surface area contributed by atoms with Crippen LogP contribution in [-0.2, 0) is 16.1 Å². The van der Waals surface area contributed by atoms with Gasteiger partial charge in [-0.2, -0.15) is 0 Å². The molecule has 0 spiro atoms. The summed E-state index contributed by atoms with van der Waals surface area (Å²) in [5.41, 5.74) is 2.92. The molecule has 1 aromatic carbocycles. The van der Waals surface area contributed by atoms with E-state index in [-0.39, 0.29) is 12.6 Å². The summed E-state index contributed by atoms with van der Waals surface area (Å²) in [4.78, 5) is 15.8. The van der Waals surface area contributed by atoms with E-state index in [4.69, 9.17) is 4.74 Å². The van der Waals surface area contributed by atoms with Gasteiger partial charge in [0.1, 0.15) is 6.61 Å². The summed E-state index contributed by atoms with van der Waals surface area (Å²) in [7, 11) is 0. The van der Waals surface area contributed by atoms with Crippen LogP contribution in [-0.4, -0.2) is 11.0 Å². The van der Waals surface area contributed by atoms with Crippen molar-refractivity contribution < 1.29 is 9.53 Å². The van der Waals surface area contributed by atoms with Crippen LogP contribution in [0.1, 0.15) is 18.2 Å². The lowest BCUT2D eigenvalue weighted by Crippen LogP contribution is -2.01. The van der Waals surface area contributed by atoms with Crippen LogP contribution >= 0.6 is 11.3 Å². The lowest BCUT2D eigenvalue weighted by atomic mass is 10.2. The number of rotatable bonds is 6. The Hall–Kier alpha value is -2.40. The van der Waals surface area contributed by atoms with Gasteiger partial charge in [0.05, 0.1) is 5.69 Å². The molecule has 0 atom stereocenters. The summed E-state index contributed by atoms with van der Waals surface area (Å²) in [5.74, 6) is -0.376. The first-order valence-electron chi connectivity index (χ1n) is 6.91. The Morgan fingerprint density at radius 2 is 2.09 bits per heavy atom. The smallest absolute Gasteiger partial charge is 0.331 e. The van der Waals surface area contributed by atoms with E-state index in [1.54, 1.807) is 12.2 Å². The molecular formula is C17H18N2O2S. The van der Waals surface area contributed by atoms with E-state index in [1.807, 2.05) is 49.6 Å². The Labute approximate surface area is 134 Å². The van der Waals surface area contributed by atoms with Crippen molar-refractivity contribution in [2.24, 2.45) is 0 Å². The van der Waals surface area contributed by atoms with Gasteiger partial charge in [-0.3, -0.25) is 0 Å². The van der Waals surface area contributed by atoms with Crippen molar-refractivity contribution in [3.8, 4) is 0 Å². The highest BCUT2D eigenvalue weighted by Crippen LogP contribution is 2.21. The third kappa shape index (κ3) is 5.18. The molecule has 0 aliphatic rings. The van der Waals surface area contributed by atoms with Crippen molar-refractivity contribution in [3.05, 3.63) is 65.2 Å². The minimum Gasteiger partial charge on any atom is -0.456 e. The van der Waals surface area contributed by atoms with Crippen LogP contribution in [0, 0.1) is 6.92 Å². The molecule has 5 heteroatoms. The molecule has 0 aliphatic heterocycles. The van der Waals surface area contributed by atoms with E-state index in [9.17, 15) is 4.79 Å². The summed E-state index contributed by atoms with van der Waals surface area (Å²) < 4.78 is 5.11. The van der Waals surface area contributed by atoms with Crippen molar-refractivity contribution in [2.45, 2.75) is 20.5 Å². The summed E-state index contributed by atoms with van der Waals surface area (Å²) in [6.45, 7) is 4.10. The Balaban J connectivity index is 1.86. The second-order valence-corrected chi connectivity index (χ2v) is 5.49. The minimum absolute atomic E-state index is 0.172. The molecule has 0 bridgehead atoms. The van der Waals surface area contributed by atoms with Crippen molar-refractivity contribution in [2.75, 3.05) is 5.32 Å². The molecule has 0 aliphatic carbocycles. The van der Waals surface area contributed by atoms with E-state index < -0.39 is 0 Å². The number of nitrogens with one attached hydrogen (secondary N) is 1. The molecule has 0 unspecified atom stereocenters. The molecule has 0 saturated carbocycles. The number of carbonyl (C=O) groups is 1. The molecule has 0 amide bonds. The second kappa shape index (κ2) is 8.14. The van der Waals surface area contributed by atoms with E-state index in [0.29, 0.717) is 0 Å². The maximum absolute atomic E-state index is 11.4. The van der Waals surface area contributed by atoms with Crippen molar-refractivity contribution in [1.82, 2.24) is 4.98 Å². The van der Waals surface area contributed by atoms with Crippen LogP contribution in [0.4, 0.5) is 10.8 Å². The fourth-order valence-corrected chi connectivity index (χ4v) is 2.34. The molecule has 114 valence electrons. The predicted molar refractivity (Wildman–Crippen MR) is 90.3 cm³/mol. The molecule has 4 nitrogen and oxygen atoms in total. The number of allylic oxidation sites excluding steroid dienone is 3. The Morgan fingerprint density at radius 1 is 1.32 bits per heavy atom. The van der Waals surface area contributed by atoms with Crippen LogP contribution in [0.25, 0.3) is 0 Å². The van der Waals surface area contributed by atoms with E-state index in [0.717, 1.165) is 16.5 Å². The zero-order valence-electron chi connectivity index (χ0n) is 12.6. The van der Waals surface area contributed by atoms with Gasteiger partial charge in [-0.25, -0.2) is 9.78 Å². The highest BCUT2D eigenvalue weighted by Gasteiger charge is 2.04. The number of hydrogen-bond donors (Lipinski definition) is 1. The van der Waals surface area contributed by atoms with Gasteiger partial charge in [0, 0.05) is 17.1 Å². The highest BCUT2D eigenvalue weighted by molar-refractivity contribution is 7.13. The number of nitrogens with zero attached hydrogens (tertiary/aromatic N) is 1. The first kappa shape index (κ1) is 16.0. The Morgan fingerprint density at radius 3 is 2.82 bits per heavy atom. The number of thiazole rings is 1. The lowest BCUT2D eigenvalue weighted by molar-refractivity contribution is -0.139. The van der Waals surface area contributed by atoms with Crippen LogP contribution in [0.2, 0.25) is 0 Å². The monoisotopic (exact) mass is 314 g/mol. The molecule has 1 N–H and O–H groups in total. The largest absolute Gasteiger partial charge is 0.456 e. The third-order valence-corrected chi connectivity index (χ3v) is 3.56. The predicted octanol–water partition coefficient (Wildman–Crippen LogP) is 4.37. The van der Waals surface area contributed by atoms with Crippen molar-refractivity contribution in [3.63, 3.8) is 0 Å². The SMILES string of the molecule is C/C=C/C=C/C(=O)OCc1csc(Nc2ccc(C)cc2)n1. The maximum atomic E-state index is 11.4. The first-order valence-corrected chi connectivity index (χ1v) is 7.79. The molecule has 1 aromatic heterocycles. The van der Waals surface area contributed by atoms with Gasteiger partial charge in [0.2, 0.25) is 0 Å². The summed E-state index contributed by atoms with van der Waals surface area (Å²) in [6, 6.07) is 8.08. The number of aromatic nitrogens is 1. The zero-order valence-corrected chi connectivity index (χ0v) is 13.4. The van der Waals surface area contributed by atoms with Gasteiger partial charge in [-0.1, -0.05) is 35.9 Å². The molecule has 22 heavy (non-hydrogen) atoms. The number of ether oxygens (including phenoxy) is 1. The van der Waals surface area contributed by atoms with Gasteiger partial charge in [0.25, 0.3) is 0 Å². The first-order chi connectivity index (χ1) is 10.7. The normalized spacial score (nSPS) is 11.2. The number of aryl methyl sites for hydroxylation is 1. The van der Waals surface area contributed by atoms with Gasteiger partial charge in [-0.15, -0.1) is 11.3 Å². The molecule has 0 fully saturated rings. The fraction of sp³-hybridized carbons (Fsp3) is 0.176. The van der Waals surface area contributed by atoms with E-state index >= 15 is 0 Å². The standard InChI is InChI=1S/C17H18N2O2S/c1-3-4-5-6-16(20)21-11-15-12-22-17(19-15)18-14-9-7-13(2)8-10-14/h3-10,12H,11H2,1-2H3,(H,18,19)/b4-3+,6-5+. The maximum Gasteiger partial charge on any atom is 0.331 e. The number of anilines is 2. The van der Waals surface area contributed by atoms with Crippen LogP contribution in [0.5, 0.6) is 0 Å². The third-order valence-electron chi connectivity index (χ3n) is 2.75. The van der Waals surface area contributed by atoms with Crippen LogP contribution in [0.3, 0.4) is 0 Å². The van der Waals surface area contributed by atoms with Crippen LogP contribution < -0.4 is 5.32 Å². The molecule has 2 rings (SSSR count). The van der Waals surface area contributed by atoms with Gasteiger partial charge in [-0.05, 0) is 26.0 Å². The minimum atomic E-state index is -0.376. The Bertz CT molecular complexity index is 672. The topological polar surface area (TPSA) is 51.2 Å². The van der Waals surface area contributed by atoms with E-state index in [1.165, 1.54) is 23.0 Å². The van der Waals surface area contributed by atoms with Gasteiger partial charge >= 0.3 is 5.97 Å². The number of carbonyl (C=O) groups excluding carboxylic acids is 1. The van der Waals surface area contributed by atoms with Crippen LogP contribution in [0.15, 0.2) is 53.9 Å². The number of hydrogen-bond acceptors (Lipinski definition) is 5. The average molecular weight is 314 g/mol. The highest BCUT2D eigenvalue weighted by atomic mass is 32.1. The van der Waals surface area contributed by atoms with Crippen molar-refractivity contribution in [1.29, 1.82) is 0 Å². The molecule has 0 radical (unpaired) electrons. The molecule has 1 heterocycles. The molecule has 2 aromatic rings. The van der Waals surface area contributed by atoms with Gasteiger partial charge in [0.15, 0.2) is 5.13 Å². The number of esters is 1. The summed E-state index contributed by atoms with van der Waals surface area (Å²) in [6.07, 6.45) is 6.65. The van der Waals surface area contributed by atoms with Crippen molar-refractivity contribution >= 4 is 28.1 Å². The lowest BCUT2D eigenvalue weighted by Gasteiger charge is -2.02. The zero-order chi connectivity index (χ0) is 15.8. The molecule has 0 saturated heterocycles.